The first-order valence-electron chi connectivity index (χ1n) is 6.54. The van der Waals surface area contributed by atoms with Gasteiger partial charge in [0.15, 0.2) is 0 Å². The molecule has 2 aromatic carbocycles. The maximum absolute atomic E-state index is 13.9. The molecular weight excluding hydrogens is 239 g/mol. The third kappa shape index (κ3) is 3.80. The highest BCUT2D eigenvalue weighted by Gasteiger charge is 2.10. The smallest absolute Gasteiger partial charge is 0.146 e. The van der Waals surface area contributed by atoms with Crippen LogP contribution in [0.3, 0.4) is 0 Å². The Morgan fingerprint density at radius 2 is 1.63 bits per heavy atom. The number of benzene rings is 2. The average molecular weight is 258 g/mol. The van der Waals surface area contributed by atoms with Crippen molar-refractivity contribution in [2.45, 2.75) is 13.0 Å². The van der Waals surface area contributed by atoms with E-state index in [1.54, 1.807) is 6.07 Å². The van der Waals surface area contributed by atoms with Gasteiger partial charge in [-0.05, 0) is 30.7 Å². The van der Waals surface area contributed by atoms with Crippen LogP contribution in [0.2, 0.25) is 0 Å². The number of hydrogen-bond donors (Lipinski definition) is 1. The monoisotopic (exact) mass is 258 g/mol. The lowest BCUT2D eigenvalue weighted by molar-refractivity contribution is 0.612. The van der Waals surface area contributed by atoms with Crippen LogP contribution in [0.5, 0.6) is 0 Å². The topological polar surface area (TPSA) is 29.3 Å². The van der Waals surface area contributed by atoms with E-state index >= 15 is 0 Å². The molecule has 3 heteroatoms. The van der Waals surface area contributed by atoms with E-state index in [4.69, 9.17) is 5.73 Å². The summed E-state index contributed by atoms with van der Waals surface area (Å²) < 4.78 is 13.9. The lowest BCUT2D eigenvalue weighted by Gasteiger charge is -2.25. The standard InChI is InChI=1S/C16H19FN2/c17-15-9-4-5-10-16(15)19(12-6-11-18)13-14-7-2-1-3-8-14/h1-5,7-10H,6,11-13,18H2. The third-order valence-electron chi connectivity index (χ3n) is 3.04. The second-order valence-electron chi connectivity index (χ2n) is 4.50. The molecule has 0 unspecified atom stereocenters. The van der Waals surface area contributed by atoms with Gasteiger partial charge in [0.1, 0.15) is 5.82 Å². The number of rotatable bonds is 6. The number of hydrogen-bond acceptors (Lipinski definition) is 2. The van der Waals surface area contributed by atoms with E-state index in [2.05, 4.69) is 12.1 Å². The number of para-hydroxylation sites is 1. The summed E-state index contributed by atoms with van der Waals surface area (Å²) in [6.45, 7) is 2.06. The molecule has 0 spiro atoms. The predicted octanol–water partition coefficient (Wildman–Crippen LogP) is 3.18. The van der Waals surface area contributed by atoms with Crippen LogP contribution in [0, 0.1) is 5.82 Å². The Balaban J connectivity index is 2.19. The normalized spacial score (nSPS) is 10.4. The molecular formula is C16H19FN2. The van der Waals surface area contributed by atoms with Crippen LogP contribution in [0.25, 0.3) is 0 Å². The highest BCUT2D eigenvalue weighted by molar-refractivity contribution is 5.48. The summed E-state index contributed by atoms with van der Waals surface area (Å²) in [4.78, 5) is 2.04. The minimum Gasteiger partial charge on any atom is -0.365 e. The largest absolute Gasteiger partial charge is 0.365 e. The molecule has 0 heterocycles. The molecule has 0 fully saturated rings. The van der Waals surface area contributed by atoms with Gasteiger partial charge in [-0.2, -0.15) is 0 Å². The molecule has 0 aliphatic heterocycles. The quantitative estimate of drug-likeness (QED) is 0.862. The molecule has 2 N–H and O–H groups in total. The first-order valence-corrected chi connectivity index (χ1v) is 6.54. The van der Waals surface area contributed by atoms with Crippen molar-refractivity contribution < 1.29 is 4.39 Å². The molecule has 0 atom stereocenters. The zero-order valence-electron chi connectivity index (χ0n) is 10.9. The molecule has 19 heavy (non-hydrogen) atoms. The summed E-state index contributed by atoms with van der Waals surface area (Å²) in [6, 6.07) is 17.0. The fourth-order valence-corrected chi connectivity index (χ4v) is 2.08. The summed E-state index contributed by atoms with van der Waals surface area (Å²) in [6.07, 6.45) is 0.848. The molecule has 0 aliphatic rings. The Hall–Kier alpha value is -1.87. The summed E-state index contributed by atoms with van der Waals surface area (Å²) in [5.74, 6) is -0.185. The minimum absolute atomic E-state index is 0.185. The predicted molar refractivity (Wildman–Crippen MR) is 77.6 cm³/mol. The maximum Gasteiger partial charge on any atom is 0.146 e. The van der Waals surface area contributed by atoms with Crippen LogP contribution in [0.4, 0.5) is 10.1 Å². The van der Waals surface area contributed by atoms with E-state index in [-0.39, 0.29) is 5.82 Å². The van der Waals surface area contributed by atoms with Crippen LogP contribution in [0.1, 0.15) is 12.0 Å². The molecule has 2 nitrogen and oxygen atoms in total. The first kappa shape index (κ1) is 13.6. The van der Waals surface area contributed by atoms with Gasteiger partial charge in [-0.3, -0.25) is 0 Å². The zero-order chi connectivity index (χ0) is 13.5. The van der Waals surface area contributed by atoms with E-state index < -0.39 is 0 Å². The lowest BCUT2D eigenvalue weighted by atomic mass is 10.2. The van der Waals surface area contributed by atoms with E-state index in [0.29, 0.717) is 18.8 Å². The fraction of sp³-hybridized carbons (Fsp3) is 0.250. The second-order valence-corrected chi connectivity index (χ2v) is 4.50. The number of nitrogens with two attached hydrogens (primary N) is 1. The summed E-state index contributed by atoms with van der Waals surface area (Å²) in [5, 5.41) is 0. The van der Waals surface area contributed by atoms with Crippen molar-refractivity contribution in [2.24, 2.45) is 5.73 Å². The van der Waals surface area contributed by atoms with E-state index in [9.17, 15) is 4.39 Å². The fourth-order valence-electron chi connectivity index (χ4n) is 2.08. The molecule has 0 saturated carbocycles. The Morgan fingerprint density at radius 3 is 2.32 bits per heavy atom. The Labute approximate surface area is 113 Å². The third-order valence-corrected chi connectivity index (χ3v) is 3.04. The second kappa shape index (κ2) is 6.90. The zero-order valence-corrected chi connectivity index (χ0v) is 10.9. The summed E-state index contributed by atoms with van der Waals surface area (Å²) in [5.41, 5.74) is 7.37. The first-order chi connectivity index (χ1) is 9.31. The van der Waals surface area contributed by atoms with Crippen molar-refractivity contribution in [2.75, 3.05) is 18.0 Å². The van der Waals surface area contributed by atoms with E-state index in [1.165, 1.54) is 11.6 Å². The van der Waals surface area contributed by atoms with Crippen molar-refractivity contribution in [3.8, 4) is 0 Å². The van der Waals surface area contributed by atoms with E-state index in [0.717, 1.165) is 13.0 Å². The van der Waals surface area contributed by atoms with Crippen molar-refractivity contribution >= 4 is 5.69 Å². The van der Waals surface area contributed by atoms with Gasteiger partial charge in [0.2, 0.25) is 0 Å². The molecule has 0 bridgehead atoms. The van der Waals surface area contributed by atoms with Gasteiger partial charge in [-0.15, -0.1) is 0 Å². The Kier molecular flexibility index (Phi) is 4.93. The summed E-state index contributed by atoms with van der Waals surface area (Å²) >= 11 is 0. The van der Waals surface area contributed by atoms with Crippen molar-refractivity contribution in [3.05, 3.63) is 66.0 Å². The van der Waals surface area contributed by atoms with Gasteiger partial charge in [-0.25, -0.2) is 4.39 Å². The number of nitrogens with zero attached hydrogens (tertiary/aromatic N) is 1. The van der Waals surface area contributed by atoms with Crippen LogP contribution < -0.4 is 10.6 Å². The number of halogens is 1. The maximum atomic E-state index is 13.9. The van der Waals surface area contributed by atoms with Gasteiger partial charge in [0.25, 0.3) is 0 Å². The van der Waals surface area contributed by atoms with Crippen LogP contribution in [-0.4, -0.2) is 13.1 Å². The minimum atomic E-state index is -0.185. The summed E-state index contributed by atoms with van der Waals surface area (Å²) in [7, 11) is 0. The Bertz CT molecular complexity index is 499. The molecule has 0 amide bonds. The molecule has 0 saturated heterocycles. The van der Waals surface area contributed by atoms with Crippen LogP contribution >= 0.6 is 0 Å². The van der Waals surface area contributed by atoms with Gasteiger partial charge >= 0.3 is 0 Å². The van der Waals surface area contributed by atoms with Gasteiger partial charge < -0.3 is 10.6 Å². The highest BCUT2D eigenvalue weighted by Crippen LogP contribution is 2.21. The van der Waals surface area contributed by atoms with Gasteiger partial charge in [-0.1, -0.05) is 42.5 Å². The van der Waals surface area contributed by atoms with Gasteiger partial charge in [0.05, 0.1) is 5.69 Å². The van der Waals surface area contributed by atoms with Crippen LogP contribution in [-0.2, 0) is 6.54 Å². The van der Waals surface area contributed by atoms with Gasteiger partial charge in [0, 0.05) is 13.1 Å². The van der Waals surface area contributed by atoms with Crippen molar-refractivity contribution in [1.29, 1.82) is 0 Å². The molecule has 2 aromatic rings. The highest BCUT2D eigenvalue weighted by atomic mass is 19.1. The molecule has 2 rings (SSSR count). The Morgan fingerprint density at radius 1 is 0.947 bits per heavy atom. The molecule has 0 aliphatic carbocycles. The van der Waals surface area contributed by atoms with Crippen LogP contribution in [0.15, 0.2) is 54.6 Å². The van der Waals surface area contributed by atoms with E-state index in [1.807, 2.05) is 35.2 Å². The average Bonchev–Trinajstić information content (AvgIpc) is 2.45. The lowest BCUT2D eigenvalue weighted by Crippen LogP contribution is -2.26. The SMILES string of the molecule is NCCCN(Cc1ccccc1)c1ccccc1F. The van der Waals surface area contributed by atoms with Crippen molar-refractivity contribution in [1.82, 2.24) is 0 Å². The molecule has 100 valence electrons. The number of anilines is 1. The van der Waals surface area contributed by atoms with Crippen molar-refractivity contribution in [3.63, 3.8) is 0 Å². The molecule has 0 radical (unpaired) electrons. The molecule has 0 aromatic heterocycles.